The number of primary amides is 1. The van der Waals surface area contributed by atoms with Crippen molar-refractivity contribution in [1.82, 2.24) is 9.78 Å². The summed E-state index contributed by atoms with van der Waals surface area (Å²) in [6.07, 6.45) is 4.43. The standard InChI is InChI=1S/C20H21N3O4/c1-23-18-11-19(17(20(21)24)10-13(18)12-22-23)27-16-6-4-15(5-7-16)26-9-8-25-14-2-3-14/h4-7,10-12,14H,2-3,8-9H2,1H3,(H2,21,24). The number of rotatable bonds is 8. The topological polar surface area (TPSA) is 88.6 Å². The van der Waals surface area contributed by atoms with Crippen LogP contribution in [0.2, 0.25) is 0 Å². The largest absolute Gasteiger partial charge is 0.491 e. The summed E-state index contributed by atoms with van der Waals surface area (Å²) in [5, 5.41) is 5.02. The Morgan fingerprint density at radius 3 is 2.63 bits per heavy atom. The fourth-order valence-electron chi connectivity index (χ4n) is 2.80. The second-order valence-electron chi connectivity index (χ2n) is 6.53. The number of fused-ring (bicyclic) bond motifs is 1. The van der Waals surface area contributed by atoms with Gasteiger partial charge in [-0.15, -0.1) is 0 Å². The van der Waals surface area contributed by atoms with Crippen LogP contribution in [0.1, 0.15) is 23.2 Å². The number of amides is 1. The van der Waals surface area contributed by atoms with Gasteiger partial charge in [-0.05, 0) is 43.2 Å². The van der Waals surface area contributed by atoms with Crippen molar-refractivity contribution in [2.24, 2.45) is 12.8 Å². The summed E-state index contributed by atoms with van der Waals surface area (Å²) in [6.45, 7) is 1.11. The molecule has 0 radical (unpaired) electrons. The fourth-order valence-corrected chi connectivity index (χ4v) is 2.80. The van der Waals surface area contributed by atoms with Crippen molar-refractivity contribution in [3.63, 3.8) is 0 Å². The first-order valence-corrected chi connectivity index (χ1v) is 8.88. The van der Waals surface area contributed by atoms with Gasteiger partial charge in [-0.2, -0.15) is 5.10 Å². The van der Waals surface area contributed by atoms with Gasteiger partial charge in [0.2, 0.25) is 0 Å². The zero-order valence-corrected chi connectivity index (χ0v) is 15.1. The van der Waals surface area contributed by atoms with Gasteiger partial charge in [0.25, 0.3) is 5.91 Å². The lowest BCUT2D eigenvalue weighted by Crippen LogP contribution is -2.12. The molecule has 1 aliphatic carbocycles. The molecule has 0 spiro atoms. The summed E-state index contributed by atoms with van der Waals surface area (Å²) >= 11 is 0. The molecule has 0 unspecified atom stereocenters. The molecule has 4 rings (SSSR count). The van der Waals surface area contributed by atoms with Gasteiger partial charge in [0, 0.05) is 18.5 Å². The van der Waals surface area contributed by atoms with Gasteiger partial charge in [0.15, 0.2) is 0 Å². The van der Waals surface area contributed by atoms with Gasteiger partial charge in [-0.3, -0.25) is 9.48 Å². The van der Waals surface area contributed by atoms with E-state index in [2.05, 4.69) is 5.10 Å². The summed E-state index contributed by atoms with van der Waals surface area (Å²) in [7, 11) is 1.83. The van der Waals surface area contributed by atoms with E-state index in [-0.39, 0.29) is 0 Å². The van der Waals surface area contributed by atoms with Crippen molar-refractivity contribution in [2.45, 2.75) is 18.9 Å². The number of ether oxygens (including phenoxy) is 3. The van der Waals surface area contributed by atoms with E-state index in [1.807, 2.05) is 19.2 Å². The molecule has 0 bridgehead atoms. The van der Waals surface area contributed by atoms with Crippen LogP contribution >= 0.6 is 0 Å². The number of hydrogen-bond donors (Lipinski definition) is 1. The maximum atomic E-state index is 11.8. The van der Waals surface area contributed by atoms with Crippen molar-refractivity contribution in [3.8, 4) is 17.2 Å². The Morgan fingerprint density at radius 1 is 1.19 bits per heavy atom. The van der Waals surface area contributed by atoms with Crippen LogP contribution in [-0.2, 0) is 11.8 Å². The van der Waals surface area contributed by atoms with Crippen LogP contribution in [0.3, 0.4) is 0 Å². The molecule has 7 heteroatoms. The molecule has 0 aliphatic heterocycles. The zero-order chi connectivity index (χ0) is 18.8. The number of carbonyl (C=O) groups excluding carboxylic acids is 1. The Labute approximate surface area is 156 Å². The second kappa shape index (κ2) is 7.28. The molecule has 1 aromatic heterocycles. The van der Waals surface area contributed by atoms with Crippen molar-refractivity contribution < 1.29 is 19.0 Å². The average Bonchev–Trinajstić information content (AvgIpc) is 3.42. The lowest BCUT2D eigenvalue weighted by molar-refractivity contribution is 0.0881. The first-order chi connectivity index (χ1) is 13.1. The van der Waals surface area contributed by atoms with E-state index in [4.69, 9.17) is 19.9 Å². The molecule has 1 fully saturated rings. The van der Waals surface area contributed by atoms with Crippen molar-refractivity contribution in [2.75, 3.05) is 13.2 Å². The van der Waals surface area contributed by atoms with Crippen LogP contribution in [0.4, 0.5) is 0 Å². The third-order valence-corrected chi connectivity index (χ3v) is 4.39. The molecule has 27 heavy (non-hydrogen) atoms. The highest BCUT2D eigenvalue weighted by molar-refractivity contribution is 6.00. The van der Waals surface area contributed by atoms with Crippen molar-refractivity contribution in [1.29, 1.82) is 0 Å². The van der Waals surface area contributed by atoms with E-state index in [0.29, 0.717) is 36.4 Å². The van der Waals surface area contributed by atoms with E-state index in [0.717, 1.165) is 29.5 Å². The van der Waals surface area contributed by atoms with Crippen LogP contribution in [0.25, 0.3) is 10.9 Å². The number of aromatic nitrogens is 2. The van der Waals surface area contributed by atoms with E-state index in [1.54, 1.807) is 35.1 Å². The van der Waals surface area contributed by atoms with Gasteiger partial charge in [-0.25, -0.2) is 0 Å². The third kappa shape index (κ3) is 4.03. The van der Waals surface area contributed by atoms with Crippen molar-refractivity contribution >= 4 is 16.8 Å². The second-order valence-corrected chi connectivity index (χ2v) is 6.53. The highest BCUT2D eigenvalue weighted by Crippen LogP contribution is 2.30. The lowest BCUT2D eigenvalue weighted by Gasteiger charge is -2.11. The summed E-state index contributed by atoms with van der Waals surface area (Å²) in [5.74, 6) is 1.16. The molecular weight excluding hydrogens is 346 g/mol. The normalized spacial score (nSPS) is 13.7. The Kier molecular flexibility index (Phi) is 4.68. The summed E-state index contributed by atoms with van der Waals surface area (Å²) in [4.78, 5) is 11.8. The van der Waals surface area contributed by atoms with E-state index in [9.17, 15) is 4.79 Å². The van der Waals surface area contributed by atoms with Crippen LogP contribution < -0.4 is 15.2 Å². The molecule has 140 valence electrons. The predicted octanol–water partition coefficient (Wildman–Crippen LogP) is 3.02. The minimum atomic E-state index is -0.550. The Hall–Kier alpha value is -3.06. The van der Waals surface area contributed by atoms with Gasteiger partial charge in [-0.1, -0.05) is 0 Å². The summed E-state index contributed by atoms with van der Waals surface area (Å²) in [6, 6.07) is 10.7. The Bertz CT molecular complexity index is 961. The first-order valence-electron chi connectivity index (χ1n) is 8.88. The maximum absolute atomic E-state index is 11.8. The number of aryl methyl sites for hydroxylation is 1. The van der Waals surface area contributed by atoms with Gasteiger partial charge in [0.05, 0.1) is 30.0 Å². The lowest BCUT2D eigenvalue weighted by atomic mass is 10.1. The highest BCUT2D eigenvalue weighted by Gasteiger charge is 2.21. The first kappa shape index (κ1) is 17.4. The van der Waals surface area contributed by atoms with E-state index < -0.39 is 5.91 Å². The van der Waals surface area contributed by atoms with E-state index in [1.165, 1.54) is 0 Å². The molecule has 7 nitrogen and oxygen atoms in total. The summed E-state index contributed by atoms with van der Waals surface area (Å²) in [5.41, 5.74) is 6.67. The zero-order valence-electron chi connectivity index (χ0n) is 15.1. The summed E-state index contributed by atoms with van der Waals surface area (Å²) < 4.78 is 18.8. The number of carbonyl (C=O) groups is 1. The SMILES string of the molecule is Cn1ncc2cc(C(N)=O)c(Oc3ccc(OCCOC4CC4)cc3)cc21. The molecule has 0 saturated heterocycles. The molecule has 2 aromatic carbocycles. The molecule has 1 heterocycles. The monoisotopic (exact) mass is 367 g/mol. The molecular formula is C20H21N3O4. The molecule has 0 atom stereocenters. The quantitative estimate of drug-likeness (QED) is 0.618. The van der Waals surface area contributed by atoms with Crippen LogP contribution in [-0.4, -0.2) is 35.0 Å². The maximum Gasteiger partial charge on any atom is 0.252 e. The van der Waals surface area contributed by atoms with Crippen LogP contribution in [0.5, 0.6) is 17.2 Å². The van der Waals surface area contributed by atoms with Crippen molar-refractivity contribution in [3.05, 3.63) is 48.2 Å². The van der Waals surface area contributed by atoms with Crippen LogP contribution in [0.15, 0.2) is 42.6 Å². The molecule has 3 aromatic rings. The third-order valence-electron chi connectivity index (χ3n) is 4.39. The molecule has 1 amide bonds. The average molecular weight is 367 g/mol. The van der Waals surface area contributed by atoms with Gasteiger partial charge >= 0.3 is 0 Å². The highest BCUT2D eigenvalue weighted by atomic mass is 16.5. The van der Waals surface area contributed by atoms with Crippen LogP contribution in [0, 0.1) is 0 Å². The molecule has 1 aliphatic rings. The Balaban J connectivity index is 1.46. The fraction of sp³-hybridized carbons (Fsp3) is 0.300. The van der Waals surface area contributed by atoms with E-state index >= 15 is 0 Å². The minimum absolute atomic E-state index is 0.313. The smallest absolute Gasteiger partial charge is 0.252 e. The predicted molar refractivity (Wildman–Crippen MR) is 100 cm³/mol. The minimum Gasteiger partial charge on any atom is -0.491 e. The van der Waals surface area contributed by atoms with Gasteiger partial charge in [0.1, 0.15) is 23.9 Å². The molecule has 1 saturated carbocycles. The van der Waals surface area contributed by atoms with Gasteiger partial charge < -0.3 is 19.9 Å². The number of hydrogen-bond acceptors (Lipinski definition) is 5. The molecule has 2 N–H and O–H groups in total. The Morgan fingerprint density at radius 2 is 1.93 bits per heavy atom. The number of nitrogens with zero attached hydrogens (tertiary/aromatic N) is 2. The number of nitrogens with two attached hydrogens (primary N) is 1. The number of benzene rings is 2.